The van der Waals surface area contributed by atoms with E-state index in [4.69, 9.17) is 11.6 Å². The maximum atomic E-state index is 12.9. The van der Waals surface area contributed by atoms with Gasteiger partial charge in [0.05, 0.1) is 16.3 Å². The van der Waals surface area contributed by atoms with E-state index in [1.54, 1.807) is 6.07 Å². The second kappa shape index (κ2) is 7.70. The summed E-state index contributed by atoms with van der Waals surface area (Å²) in [7, 11) is 0. The number of hydrogen-bond donors (Lipinski definition) is 1. The Hall–Kier alpha value is -2.02. The molecule has 0 saturated carbocycles. The van der Waals surface area contributed by atoms with Crippen LogP contribution in [0.3, 0.4) is 0 Å². The Balaban J connectivity index is 1.88. The quantitative estimate of drug-likeness (QED) is 0.749. The summed E-state index contributed by atoms with van der Waals surface area (Å²) in [5.74, 6) is 1.02. The molecule has 1 aromatic heterocycles. The van der Waals surface area contributed by atoms with Gasteiger partial charge in [-0.2, -0.15) is 18.2 Å². The second-order valence-corrected chi connectivity index (χ2v) is 6.82. The van der Waals surface area contributed by atoms with Gasteiger partial charge in [-0.25, -0.2) is 4.98 Å². The van der Waals surface area contributed by atoms with Gasteiger partial charge in [0.1, 0.15) is 5.82 Å². The van der Waals surface area contributed by atoms with Crippen molar-refractivity contribution in [3.05, 3.63) is 40.5 Å². The van der Waals surface area contributed by atoms with E-state index in [0.29, 0.717) is 11.8 Å². The summed E-state index contributed by atoms with van der Waals surface area (Å²) < 4.78 is 38.8. The first-order valence-electron chi connectivity index (χ1n) is 8.57. The Morgan fingerprint density at radius 1 is 1.04 bits per heavy atom. The molecule has 140 valence electrons. The van der Waals surface area contributed by atoms with Crippen molar-refractivity contribution < 1.29 is 13.2 Å². The lowest BCUT2D eigenvalue weighted by Crippen LogP contribution is -2.26. The summed E-state index contributed by atoms with van der Waals surface area (Å²) in [5.41, 5.74) is 0.147. The number of rotatable bonds is 3. The largest absolute Gasteiger partial charge is 0.416 e. The van der Waals surface area contributed by atoms with Gasteiger partial charge in [0.25, 0.3) is 0 Å². The molecule has 1 aliphatic heterocycles. The van der Waals surface area contributed by atoms with E-state index in [-0.39, 0.29) is 10.7 Å². The van der Waals surface area contributed by atoms with Crippen LogP contribution in [0.4, 0.5) is 30.6 Å². The van der Waals surface area contributed by atoms with Crippen LogP contribution in [-0.4, -0.2) is 23.1 Å². The van der Waals surface area contributed by atoms with E-state index in [2.05, 4.69) is 20.2 Å². The lowest BCUT2D eigenvalue weighted by molar-refractivity contribution is -0.137. The standard InChI is InChI=1S/C18H20ClF3N4/c1-12-10-16(25-17(23-12)26-8-4-2-3-5-9-26)24-15-11-13(18(20,21)22)6-7-14(15)19/h6-7,10-11H,2-5,8-9H2,1H3,(H,23,24,25). The van der Waals surface area contributed by atoms with E-state index in [1.807, 2.05) is 6.92 Å². The molecule has 2 aromatic rings. The number of nitrogens with zero attached hydrogens (tertiary/aromatic N) is 3. The lowest BCUT2D eigenvalue weighted by Gasteiger charge is -2.21. The molecule has 1 saturated heterocycles. The fourth-order valence-corrected chi connectivity index (χ4v) is 3.13. The van der Waals surface area contributed by atoms with Crippen LogP contribution in [0.2, 0.25) is 5.02 Å². The fourth-order valence-electron chi connectivity index (χ4n) is 2.96. The van der Waals surface area contributed by atoms with Crippen molar-refractivity contribution in [2.24, 2.45) is 0 Å². The summed E-state index contributed by atoms with van der Waals surface area (Å²) in [6.07, 6.45) is 0.111. The van der Waals surface area contributed by atoms with Crippen molar-refractivity contribution in [1.82, 2.24) is 9.97 Å². The van der Waals surface area contributed by atoms with Crippen molar-refractivity contribution in [2.75, 3.05) is 23.3 Å². The first-order valence-corrected chi connectivity index (χ1v) is 8.95. The average molecular weight is 385 g/mol. The van der Waals surface area contributed by atoms with Crippen LogP contribution in [0.1, 0.15) is 36.9 Å². The smallest absolute Gasteiger partial charge is 0.341 e. The first kappa shape index (κ1) is 18.8. The van der Waals surface area contributed by atoms with E-state index in [0.717, 1.165) is 43.8 Å². The Bertz CT molecular complexity index is 772. The summed E-state index contributed by atoms with van der Waals surface area (Å²) in [4.78, 5) is 11.1. The zero-order chi connectivity index (χ0) is 18.7. The van der Waals surface area contributed by atoms with Crippen molar-refractivity contribution in [1.29, 1.82) is 0 Å². The molecule has 0 aliphatic carbocycles. The second-order valence-electron chi connectivity index (χ2n) is 6.41. The maximum Gasteiger partial charge on any atom is 0.416 e. The molecular formula is C18H20ClF3N4. The molecule has 0 radical (unpaired) electrons. The van der Waals surface area contributed by atoms with Crippen LogP contribution >= 0.6 is 11.6 Å². The molecule has 1 fully saturated rings. The summed E-state index contributed by atoms with van der Waals surface area (Å²) >= 11 is 6.06. The van der Waals surface area contributed by atoms with Gasteiger partial charge in [-0.3, -0.25) is 0 Å². The predicted molar refractivity (Wildman–Crippen MR) is 97.2 cm³/mol. The van der Waals surface area contributed by atoms with E-state index >= 15 is 0 Å². The molecule has 26 heavy (non-hydrogen) atoms. The maximum absolute atomic E-state index is 12.9. The summed E-state index contributed by atoms with van der Waals surface area (Å²) in [6, 6.07) is 4.88. The summed E-state index contributed by atoms with van der Waals surface area (Å²) in [5, 5.41) is 3.11. The molecule has 1 aromatic carbocycles. The van der Waals surface area contributed by atoms with Gasteiger partial charge in [-0.1, -0.05) is 24.4 Å². The molecular weight excluding hydrogens is 365 g/mol. The number of nitrogens with one attached hydrogen (secondary N) is 1. The minimum Gasteiger partial charge on any atom is -0.341 e. The molecule has 2 heterocycles. The third kappa shape index (κ3) is 4.58. The minimum atomic E-state index is -4.43. The zero-order valence-electron chi connectivity index (χ0n) is 14.4. The number of aryl methyl sites for hydroxylation is 1. The number of alkyl halides is 3. The molecule has 0 amide bonds. The van der Waals surface area contributed by atoms with E-state index in [1.165, 1.54) is 18.9 Å². The van der Waals surface area contributed by atoms with Crippen LogP contribution in [0, 0.1) is 6.92 Å². The number of anilines is 3. The minimum absolute atomic E-state index is 0.168. The molecule has 0 unspecified atom stereocenters. The van der Waals surface area contributed by atoms with Crippen molar-refractivity contribution >= 4 is 29.1 Å². The van der Waals surface area contributed by atoms with Gasteiger partial charge in [0, 0.05) is 24.8 Å². The van der Waals surface area contributed by atoms with Gasteiger partial charge in [0.15, 0.2) is 0 Å². The average Bonchev–Trinajstić information content (AvgIpc) is 2.84. The lowest BCUT2D eigenvalue weighted by atomic mass is 10.2. The molecule has 1 N–H and O–H groups in total. The monoisotopic (exact) mass is 384 g/mol. The van der Waals surface area contributed by atoms with Crippen LogP contribution in [0.15, 0.2) is 24.3 Å². The van der Waals surface area contributed by atoms with Crippen molar-refractivity contribution in [2.45, 2.75) is 38.8 Å². The fraction of sp³-hybridized carbons (Fsp3) is 0.444. The molecule has 1 aliphatic rings. The molecule has 0 atom stereocenters. The molecule has 3 rings (SSSR count). The highest BCUT2D eigenvalue weighted by molar-refractivity contribution is 6.33. The Morgan fingerprint density at radius 3 is 2.38 bits per heavy atom. The van der Waals surface area contributed by atoms with Crippen LogP contribution in [-0.2, 0) is 6.18 Å². The highest BCUT2D eigenvalue weighted by Gasteiger charge is 2.31. The van der Waals surface area contributed by atoms with Crippen LogP contribution < -0.4 is 10.2 Å². The van der Waals surface area contributed by atoms with E-state index < -0.39 is 11.7 Å². The Kier molecular flexibility index (Phi) is 5.55. The zero-order valence-corrected chi connectivity index (χ0v) is 15.2. The van der Waals surface area contributed by atoms with Crippen molar-refractivity contribution in [3.63, 3.8) is 0 Å². The van der Waals surface area contributed by atoms with Gasteiger partial charge in [-0.15, -0.1) is 0 Å². The molecule has 8 heteroatoms. The number of aromatic nitrogens is 2. The Labute approximate surface area is 155 Å². The number of benzene rings is 1. The highest BCUT2D eigenvalue weighted by Crippen LogP contribution is 2.35. The molecule has 0 bridgehead atoms. The van der Waals surface area contributed by atoms with Gasteiger partial charge in [0.2, 0.25) is 5.95 Å². The van der Waals surface area contributed by atoms with Crippen LogP contribution in [0.25, 0.3) is 0 Å². The summed E-state index contributed by atoms with van der Waals surface area (Å²) in [6.45, 7) is 3.60. The van der Waals surface area contributed by atoms with Crippen LogP contribution in [0.5, 0.6) is 0 Å². The normalized spacial score (nSPS) is 15.7. The third-order valence-corrected chi connectivity index (χ3v) is 4.62. The number of hydrogen-bond acceptors (Lipinski definition) is 4. The Morgan fingerprint density at radius 2 is 1.73 bits per heavy atom. The van der Waals surface area contributed by atoms with Gasteiger partial charge < -0.3 is 10.2 Å². The molecule has 4 nitrogen and oxygen atoms in total. The topological polar surface area (TPSA) is 41.1 Å². The third-order valence-electron chi connectivity index (χ3n) is 4.29. The highest BCUT2D eigenvalue weighted by atomic mass is 35.5. The van der Waals surface area contributed by atoms with E-state index in [9.17, 15) is 13.2 Å². The number of halogens is 4. The van der Waals surface area contributed by atoms with Gasteiger partial charge >= 0.3 is 6.18 Å². The molecule has 0 spiro atoms. The predicted octanol–water partition coefficient (Wildman–Crippen LogP) is 5.58. The van der Waals surface area contributed by atoms with Gasteiger partial charge in [-0.05, 0) is 38.0 Å². The van der Waals surface area contributed by atoms with Crippen molar-refractivity contribution in [3.8, 4) is 0 Å². The first-order chi connectivity index (χ1) is 12.3. The SMILES string of the molecule is Cc1cc(Nc2cc(C(F)(F)F)ccc2Cl)nc(N2CCCCCC2)n1.